The molecule has 3 aromatic rings. The van der Waals surface area contributed by atoms with Gasteiger partial charge in [-0.3, -0.25) is 4.98 Å². The molecule has 0 aliphatic carbocycles. The van der Waals surface area contributed by atoms with Gasteiger partial charge in [0, 0.05) is 42.8 Å². The van der Waals surface area contributed by atoms with Gasteiger partial charge in [0.25, 0.3) is 0 Å². The van der Waals surface area contributed by atoms with Crippen LogP contribution < -0.4 is 11.1 Å². The molecule has 1 aliphatic heterocycles. The monoisotopic (exact) mass is 442 g/mol. The van der Waals surface area contributed by atoms with Crippen LogP contribution in [0.3, 0.4) is 0 Å². The van der Waals surface area contributed by atoms with Crippen LogP contribution in [0.15, 0.2) is 54.7 Å². The van der Waals surface area contributed by atoms with Gasteiger partial charge >= 0.3 is 0 Å². The summed E-state index contributed by atoms with van der Waals surface area (Å²) in [6.45, 7) is 1.29. The van der Waals surface area contributed by atoms with E-state index in [1.165, 1.54) is 10.6 Å². The number of sulfonamides is 1. The fourth-order valence-corrected chi connectivity index (χ4v) is 4.65. The molecule has 0 atom stereocenters. The molecule has 0 radical (unpaired) electrons. The van der Waals surface area contributed by atoms with E-state index in [0.717, 1.165) is 39.3 Å². The number of halogens is 1. The van der Waals surface area contributed by atoms with E-state index in [2.05, 4.69) is 10.3 Å². The third-order valence-corrected chi connectivity index (χ3v) is 6.79. The van der Waals surface area contributed by atoms with Crippen molar-refractivity contribution >= 4 is 33.0 Å². The first-order chi connectivity index (χ1) is 14.3. The number of pyridine rings is 1. The molecule has 0 unspecified atom stereocenters. The van der Waals surface area contributed by atoms with E-state index >= 15 is 0 Å². The van der Waals surface area contributed by atoms with E-state index in [4.69, 9.17) is 17.3 Å². The summed E-state index contributed by atoms with van der Waals surface area (Å²) >= 11 is 5.98. The number of fused-ring (bicyclic) bond motifs is 1. The molecule has 6 nitrogen and oxygen atoms in total. The second kappa shape index (κ2) is 8.35. The van der Waals surface area contributed by atoms with Crippen molar-refractivity contribution in [2.24, 2.45) is 5.73 Å². The summed E-state index contributed by atoms with van der Waals surface area (Å²) in [5.74, 6) is 0. The summed E-state index contributed by atoms with van der Waals surface area (Å²) in [5, 5.41) is 4.08. The number of hydrogen-bond acceptors (Lipinski definition) is 5. The topological polar surface area (TPSA) is 88.3 Å². The van der Waals surface area contributed by atoms with Crippen LogP contribution in [0.5, 0.6) is 0 Å². The lowest BCUT2D eigenvalue weighted by Crippen LogP contribution is -2.35. The van der Waals surface area contributed by atoms with Gasteiger partial charge in [-0.25, -0.2) is 8.42 Å². The largest absolute Gasteiger partial charge is 0.355 e. The highest BCUT2D eigenvalue weighted by molar-refractivity contribution is 7.88. The highest BCUT2D eigenvalue weighted by Crippen LogP contribution is 2.32. The summed E-state index contributed by atoms with van der Waals surface area (Å²) in [7, 11) is -3.20. The van der Waals surface area contributed by atoms with E-state index in [0.29, 0.717) is 31.1 Å². The van der Waals surface area contributed by atoms with E-state index in [1.807, 2.05) is 48.5 Å². The van der Waals surface area contributed by atoms with Crippen molar-refractivity contribution in [1.82, 2.24) is 9.29 Å². The molecule has 156 valence electrons. The van der Waals surface area contributed by atoms with Crippen molar-refractivity contribution < 1.29 is 8.42 Å². The number of hydrogen-bond donors (Lipinski definition) is 2. The van der Waals surface area contributed by atoms with Crippen LogP contribution in [0, 0.1) is 0 Å². The average molecular weight is 443 g/mol. The van der Waals surface area contributed by atoms with Crippen LogP contribution in [-0.2, 0) is 29.5 Å². The standard InChI is InChI=1S/C22H23ClN4O2S/c1-30(28,29)27-10-9-19-16(14-27)3-2-4-22(19)26-18-7-5-15(12-24)20(11-18)21-8-6-17(23)13-25-21/h2-8,11,13,26H,9-10,12,14,24H2,1H3. The number of aromatic nitrogens is 1. The summed E-state index contributed by atoms with van der Waals surface area (Å²) in [5.41, 5.74) is 12.8. The van der Waals surface area contributed by atoms with Crippen LogP contribution in [0.25, 0.3) is 11.3 Å². The molecule has 30 heavy (non-hydrogen) atoms. The number of nitrogens with two attached hydrogens (primary N) is 1. The Labute approximate surface area is 181 Å². The van der Waals surface area contributed by atoms with E-state index in [9.17, 15) is 8.42 Å². The average Bonchev–Trinajstić information content (AvgIpc) is 2.73. The normalized spacial score (nSPS) is 14.4. The first-order valence-electron chi connectivity index (χ1n) is 9.63. The minimum Gasteiger partial charge on any atom is -0.355 e. The highest BCUT2D eigenvalue weighted by Gasteiger charge is 2.24. The lowest BCUT2D eigenvalue weighted by molar-refractivity contribution is 0.395. The van der Waals surface area contributed by atoms with Crippen molar-refractivity contribution in [2.75, 3.05) is 18.1 Å². The third-order valence-electron chi connectivity index (χ3n) is 5.31. The second-order valence-electron chi connectivity index (χ2n) is 7.35. The SMILES string of the molecule is CS(=O)(=O)N1CCc2c(cccc2Nc2ccc(CN)c(-c3ccc(Cl)cn3)c2)C1. The Morgan fingerprint density at radius 2 is 2.03 bits per heavy atom. The Bertz CT molecular complexity index is 1180. The zero-order valence-corrected chi connectivity index (χ0v) is 18.2. The number of nitrogens with zero attached hydrogens (tertiary/aromatic N) is 2. The second-order valence-corrected chi connectivity index (χ2v) is 9.77. The molecule has 0 spiro atoms. The third kappa shape index (κ3) is 4.34. The van der Waals surface area contributed by atoms with E-state index in [-0.39, 0.29) is 0 Å². The molecule has 1 aromatic heterocycles. The molecule has 8 heteroatoms. The van der Waals surface area contributed by atoms with Crippen molar-refractivity contribution in [3.05, 3.63) is 76.4 Å². The zero-order valence-electron chi connectivity index (χ0n) is 16.6. The molecule has 4 rings (SSSR count). The molecule has 0 saturated heterocycles. The fourth-order valence-electron chi connectivity index (χ4n) is 3.75. The summed E-state index contributed by atoms with van der Waals surface area (Å²) in [4.78, 5) is 4.43. The van der Waals surface area contributed by atoms with Crippen LogP contribution in [0.2, 0.25) is 5.02 Å². The van der Waals surface area contributed by atoms with Gasteiger partial charge in [0.1, 0.15) is 0 Å². The van der Waals surface area contributed by atoms with Crippen molar-refractivity contribution in [1.29, 1.82) is 0 Å². The predicted molar refractivity (Wildman–Crippen MR) is 121 cm³/mol. The predicted octanol–water partition coefficient (Wildman–Crippen LogP) is 3.92. The van der Waals surface area contributed by atoms with Gasteiger partial charge in [-0.2, -0.15) is 4.31 Å². The van der Waals surface area contributed by atoms with Gasteiger partial charge in [-0.15, -0.1) is 0 Å². The Balaban J connectivity index is 1.66. The Hall–Kier alpha value is -2.45. The Morgan fingerprint density at radius 1 is 1.20 bits per heavy atom. The Morgan fingerprint density at radius 3 is 2.73 bits per heavy atom. The molecule has 0 fully saturated rings. The quantitative estimate of drug-likeness (QED) is 0.625. The molecule has 1 aliphatic rings. The van der Waals surface area contributed by atoms with Gasteiger partial charge in [-0.05, 0) is 53.4 Å². The van der Waals surface area contributed by atoms with E-state index in [1.54, 1.807) is 6.20 Å². The molecule has 0 bridgehead atoms. The fraction of sp³-hybridized carbons (Fsp3) is 0.227. The maximum atomic E-state index is 11.9. The van der Waals surface area contributed by atoms with Gasteiger partial charge in [0.2, 0.25) is 10.0 Å². The maximum Gasteiger partial charge on any atom is 0.211 e. The molecule has 2 heterocycles. The molecule has 2 aromatic carbocycles. The van der Waals surface area contributed by atoms with Crippen LogP contribution >= 0.6 is 11.6 Å². The first-order valence-corrected chi connectivity index (χ1v) is 11.9. The number of nitrogens with one attached hydrogen (secondary N) is 1. The van der Waals surface area contributed by atoms with Gasteiger partial charge in [0.05, 0.1) is 17.0 Å². The molecular formula is C22H23ClN4O2S. The number of benzene rings is 2. The zero-order chi connectivity index (χ0) is 21.3. The first kappa shape index (κ1) is 20.8. The number of rotatable bonds is 5. The minimum absolute atomic E-state index is 0.399. The summed E-state index contributed by atoms with van der Waals surface area (Å²) in [6.07, 6.45) is 3.54. The smallest absolute Gasteiger partial charge is 0.211 e. The maximum absolute atomic E-state index is 11.9. The van der Waals surface area contributed by atoms with Crippen molar-refractivity contribution in [3.63, 3.8) is 0 Å². The highest BCUT2D eigenvalue weighted by atomic mass is 35.5. The van der Waals surface area contributed by atoms with Gasteiger partial charge in [-0.1, -0.05) is 29.8 Å². The number of anilines is 2. The molecule has 3 N–H and O–H groups in total. The molecular weight excluding hydrogens is 420 g/mol. The minimum atomic E-state index is -3.20. The lowest BCUT2D eigenvalue weighted by Gasteiger charge is -2.28. The van der Waals surface area contributed by atoms with Crippen LogP contribution in [0.1, 0.15) is 16.7 Å². The van der Waals surface area contributed by atoms with E-state index < -0.39 is 10.0 Å². The lowest BCUT2D eigenvalue weighted by atomic mass is 9.98. The Kier molecular flexibility index (Phi) is 5.79. The van der Waals surface area contributed by atoms with Gasteiger partial charge < -0.3 is 11.1 Å². The van der Waals surface area contributed by atoms with Crippen molar-refractivity contribution in [3.8, 4) is 11.3 Å². The van der Waals surface area contributed by atoms with Gasteiger partial charge in [0.15, 0.2) is 0 Å². The van der Waals surface area contributed by atoms with Crippen LogP contribution in [-0.4, -0.2) is 30.5 Å². The summed E-state index contributed by atoms with van der Waals surface area (Å²) < 4.78 is 25.3. The molecule has 0 amide bonds. The molecule has 0 saturated carbocycles. The van der Waals surface area contributed by atoms with Crippen LogP contribution in [0.4, 0.5) is 11.4 Å². The summed E-state index contributed by atoms with van der Waals surface area (Å²) in [6, 6.07) is 15.7. The van der Waals surface area contributed by atoms with Crippen molar-refractivity contribution in [2.45, 2.75) is 19.5 Å².